The summed E-state index contributed by atoms with van der Waals surface area (Å²) >= 11 is 0. The number of anilines is 3. The van der Waals surface area contributed by atoms with Crippen LogP contribution in [0.4, 0.5) is 17.1 Å². The molecule has 0 aliphatic heterocycles. The van der Waals surface area contributed by atoms with Crippen molar-refractivity contribution in [1.29, 1.82) is 0 Å². The van der Waals surface area contributed by atoms with Gasteiger partial charge in [0.25, 0.3) is 11.8 Å². The van der Waals surface area contributed by atoms with E-state index in [1.165, 1.54) is 38.5 Å². The number of rotatable bonds is 9. The summed E-state index contributed by atoms with van der Waals surface area (Å²) in [6.07, 6.45) is 9.44. The van der Waals surface area contributed by atoms with Gasteiger partial charge in [-0.1, -0.05) is 30.3 Å². The topological polar surface area (TPSA) is 146 Å². The van der Waals surface area contributed by atoms with Gasteiger partial charge in [0.1, 0.15) is 0 Å². The monoisotopic (exact) mass is 618 g/mol. The van der Waals surface area contributed by atoms with Crippen molar-refractivity contribution in [2.75, 3.05) is 36.9 Å². The van der Waals surface area contributed by atoms with E-state index in [4.69, 9.17) is 11.5 Å². The van der Waals surface area contributed by atoms with Gasteiger partial charge in [0, 0.05) is 54.3 Å². The molecule has 7 N–H and O–H groups in total. The highest BCUT2D eigenvalue weighted by atomic mass is 16.2. The molecule has 8 rings (SSSR count). The first-order valence-electron chi connectivity index (χ1n) is 16.3. The lowest BCUT2D eigenvalue weighted by molar-refractivity contribution is -0.117. The average Bonchev–Trinajstić information content (AvgIpc) is 3.47. The van der Waals surface area contributed by atoms with Crippen LogP contribution in [0.5, 0.6) is 0 Å². The van der Waals surface area contributed by atoms with Crippen LogP contribution in [0.25, 0.3) is 10.9 Å². The highest BCUT2D eigenvalue weighted by Gasteiger charge is 2.51. The predicted molar refractivity (Wildman–Crippen MR) is 181 cm³/mol. The third-order valence-corrected chi connectivity index (χ3v) is 10.5. The molecule has 46 heavy (non-hydrogen) atoms. The number of nitrogens with zero attached hydrogens (tertiary/aromatic N) is 1. The zero-order valence-corrected chi connectivity index (χ0v) is 26.2. The van der Waals surface area contributed by atoms with Crippen molar-refractivity contribution in [1.82, 2.24) is 15.2 Å². The molecule has 1 aromatic heterocycles. The predicted octanol–water partition coefficient (Wildman–Crippen LogP) is 5.77. The first-order chi connectivity index (χ1) is 22.1. The van der Waals surface area contributed by atoms with E-state index in [1.807, 2.05) is 48.3 Å². The van der Waals surface area contributed by atoms with Crippen molar-refractivity contribution in [3.05, 3.63) is 89.6 Å². The molecule has 4 fully saturated rings. The standard InChI is InChI=1S/C37H42N6O3/c1-43(21-37-17-22-9-23(18-37)11-24(10-22)19-37)36(46)31-16-33-26(7-8-40-33)12-30(31)34(44)41-20-32(25-5-3-2-4-6-25)35(45)42-29-14-27(38)13-28(39)15-29/h2-8,12-16,22-24,32,40H,9-11,17-21,38-39H2,1H3,(H,41,44)(H,42,45). The molecule has 238 valence electrons. The van der Waals surface area contributed by atoms with Gasteiger partial charge in [0.2, 0.25) is 5.91 Å². The maximum atomic E-state index is 14.1. The zero-order chi connectivity index (χ0) is 32.0. The van der Waals surface area contributed by atoms with Crippen LogP contribution < -0.4 is 22.1 Å². The molecule has 9 heteroatoms. The SMILES string of the molecule is CN(CC12CC3CC(CC(C3)C1)C2)C(=O)c1cc2[nH]ccc2cc1C(=O)NCC(C(=O)Nc1cc(N)cc(N)c1)c1ccccc1. The Labute approximate surface area is 269 Å². The van der Waals surface area contributed by atoms with Gasteiger partial charge in [0.15, 0.2) is 0 Å². The summed E-state index contributed by atoms with van der Waals surface area (Å²) in [7, 11) is 1.88. The van der Waals surface area contributed by atoms with Gasteiger partial charge in [-0.25, -0.2) is 0 Å². The Hall–Kier alpha value is -4.79. The number of aromatic nitrogens is 1. The number of hydrogen-bond donors (Lipinski definition) is 5. The molecule has 0 radical (unpaired) electrons. The average molecular weight is 619 g/mol. The number of nitrogens with two attached hydrogens (primary N) is 2. The molecule has 4 bridgehead atoms. The van der Waals surface area contributed by atoms with Gasteiger partial charge in [-0.3, -0.25) is 14.4 Å². The Balaban J connectivity index is 1.12. The van der Waals surface area contributed by atoms with Crippen LogP contribution in [-0.4, -0.2) is 47.7 Å². The number of fused-ring (bicyclic) bond motifs is 1. The van der Waals surface area contributed by atoms with Gasteiger partial charge in [0.05, 0.1) is 17.0 Å². The number of carbonyl (C=O) groups is 3. The van der Waals surface area contributed by atoms with Gasteiger partial charge in [-0.2, -0.15) is 0 Å². The van der Waals surface area contributed by atoms with Crippen LogP contribution in [0, 0.1) is 23.2 Å². The van der Waals surface area contributed by atoms with Gasteiger partial charge < -0.3 is 32.0 Å². The van der Waals surface area contributed by atoms with Crippen LogP contribution in [0.3, 0.4) is 0 Å². The van der Waals surface area contributed by atoms with Crippen molar-refractivity contribution < 1.29 is 14.4 Å². The van der Waals surface area contributed by atoms with Crippen molar-refractivity contribution in [2.24, 2.45) is 23.2 Å². The minimum Gasteiger partial charge on any atom is -0.399 e. The lowest BCUT2D eigenvalue weighted by Crippen LogP contribution is -2.51. The number of nitrogens with one attached hydrogen (secondary N) is 3. The molecular formula is C37H42N6O3. The normalized spacial score (nSPS) is 23.6. The van der Waals surface area contributed by atoms with Crippen molar-refractivity contribution in [3.8, 4) is 0 Å². The third kappa shape index (κ3) is 5.94. The number of H-pyrrole nitrogens is 1. The molecule has 3 amide bonds. The Bertz CT molecular complexity index is 1740. The Morgan fingerprint density at radius 3 is 2.20 bits per heavy atom. The van der Waals surface area contributed by atoms with Crippen molar-refractivity contribution >= 4 is 45.7 Å². The molecule has 1 atom stereocenters. The fraction of sp³-hybridized carbons (Fsp3) is 0.378. The van der Waals surface area contributed by atoms with Crippen LogP contribution in [-0.2, 0) is 4.79 Å². The molecule has 9 nitrogen and oxygen atoms in total. The molecular weight excluding hydrogens is 576 g/mol. The first-order valence-corrected chi connectivity index (χ1v) is 16.3. The highest BCUT2D eigenvalue weighted by molar-refractivity contribution is 6.10. The molecule has 4 aliphatic rings. The Morgan fingerprint density at radius 2 is 1.54 bits per heavy atom. The lowest BCUT2D eigenvalue weighted by Gasteiger charge is -2.57. The number of hydrogen-bond acceptors (Lipinski definition) is 5. The Morgan fingerprint density at radius 1 is 0.891 bits per heavy atom. The summed E-state index contributed by atoms with van der Waals surface area (Å²) < 4.78 is 0. The summed E-state index contributed by atoms with van der Waals surface area (Å²) in [5.41, 5.74) is 15.6. The first kappa shape index (κ1) is 29.9. The molecule has 1 unspecified atom stereocenters. The number of nitrogen functional groups attached to an aromatic ring is 2. The molecule has 0 spiro atoms. The van der Waals surface area contributed by atoms with Crippen LogP contribution in [0.15, 0.2) is 72.9 Å². The van der Waals surface area contributed by atoms with E-state index in [1.54, 1.807) is 36.5 Å². The number of aromatic amines is 1. The summed E-state index contributed by atoms with van der Waals surface area (Å²) in [5.74, 6) is 0.782. The number of carbonyl (C=O) groups excluding carboxylic acids is 3. The second-order valence-electron chi connectivity index (χ2n) is 14.1. The van der Waals surface area contributed by atoms with Crippen molar-refractivity contribution in [2.45, 2.75) is 44.4 Å². The van der Waals surface area contributed by atoms with Crippen LogP contribution in [0.2, 0.25) is 0 Å². The molecule has 4 saturated carbocycles. The van der Waals surface area contributed by atoms with E-state index >= 15 is 0 Å². The lowest BCUT2D eigenvalue weighted by atomic mass is 9.49. The third-order valence-electron chi connectivity index (χ3n) is 10.5. The van der Waals surface area contributed by atoms with Gasteiger partial charge in [-0.15, -0.1) is 0 Å². The zero-order valence-electron chi connectivity index (χ0n) is 26.2. The van der Waals surface area contributed by atoms with Gasteiger partial charge in [-0.05, 0) is 104 Å². The fourth-order valence-electron chi connectivity index (χ4n) is 9.04. The van der Waals surface area contributed by atoms with E-state index in [0.717, 1.165) is 34.2 Å². The number of benzene rings is 3. The smallest absolute Gasteiger partial charge is 0.254 e. The maximum Gasteiger partial charge on any atom is 0.254 e. The van der Waals surface area contributed by atoms with E-state index in [9.17, 15) is 14.4 Å². The maximum absolute atomic E-state index is 14.1. The minimum absolute atomic E-state index is 0.0222. The molecule has 3 aromatic carbocycles. The molecule has 4 aromatic rings. The van der Waals surface area contributed by atoms with Crippen LogP contribution in [0.1, 0.15) is 70.7 Å². The molecule has 1 heterocycles. The summed E-state index contributed by atoms with van der Waals surface area (Å²) in [4.78, 5) is 46.7. The van der Waals surface area contributed by atoms with E-state index < -0.39 is 11.8 Å². The van der Waals surface area contributed by atoms with E-state index in [-0.39, 0.29) is 23.8 Å². The van der Waals surface area contributed by atoms with E-state index in [2.05, 4.69) is 15.6 Å². The van der Waals surface area contributed by atoms with E-state index in [0.29, 0.717) is 34.7 Å². The largest absolute Gasteiger partial charge is 0.399 e. The second kappa shape index (κ2) is 11.9. The van der Waals surface area contributed by atoms with Gasteiger partial charge >= 0.3 is 0 Å². The second-order valence-corrected chi connectivity index (χ2v) is 14.1. The summed E-state index contributed by atoms with van der Waals surface area (Å²) in [5, 5.41) is 6.71. The molecule has 0 saturated heterocycles. The Kier molecular flexibility index (Phi) is 7.71. The fourth-order valence-corrected chi connectivity index (χ4v) is 9.04. The number of amides is 3. The summed E-state index contributed by atoms with van der Waals surface area (Å²) in [6.45, 7) is 0.734. The quantitative estimate of drug-likeness (QED) is 0.151. The minimum atomic E-state index is -0.707. The van der Waals surface area contributed by atoms with Crippen LogP contribution >= 0.6 is 0 Å². The highest BCUT2D eigenvalue weighted by Crippen LogP contribution is 2.60. The summed E-state index contributed by atoms with van der Waals surface area (Å²) in [6, 6.07) is 19.6. The molecule has 4 aliphatic carbocycles. The van der Waals surface area contributed by atoms with Crippen molar-refractivity contribution in [3.63, 3.8) is 0 Å².